The number of nitrogens with one attached hydrogen (secondary N) is 1. The minimum Gasteiger partial charge on any atom is -0.374 e. The Morgan fingerprint density at radius 1 is 1.30 bits per heavy atom. The zero-order chi connectivity index (χ0) is 14.0. The Morgan fingerprint density at radius 3 is 3.00 bits per heavy atom. The van der Waals surface area contributed by atoms with Gasteiger partial charge in [-0.2, -0.15) is 0 Å². The number of ether oxygens (including phenoxy) is 1. The largest absolute Gasteiger partial charge is 0.374 e. The van der Waals surface area contributed by atoms with Crippen LogP contribution in [0.3, 0.4) is 0 Å². The number of hydrogen-bond acceptors (Lipinski definition) is 4. The van der Waals surface area contributed by atoms with E-state index in [1.807, 2.05) is 24.3 Å². The average molecular weight is 275 g/mol. The molecule has 0 spiro atoms. The zero-order valence-electron chi connectivity index (χ0n) is 11.6. The summed E-state index contributed by atoms with van der Waals surface area (Å²) in [5.41, 5.74) is 7.08. The van der Waals surface area contributed by atoms with Crippen molar-refractivity contribution < 1.29 is 9.53 Å². The SMILES string of the molecule is NC(=O)C1(N2CCCNCC2)COCc2ccccc21. The second kappa shape index (κ2) is 5.52. The molecule has 1 amide bonds. The molecule has 1 saturated heterocycles. The number of benzene rings is 1. The highest BCUT2D eigenvalue weighted by molar-refractivity contribution is 5.87. The summed E-state index contributed by atoms with van der Waals surface area (Å²) in [6.45, 7) is 4.41. The summed E-state index contributed by atoms with van der Waals surface area (Å²) in [6, 6.07) is 7.98. The molecule has 20 heavy (non-hydrogen) atoms. The Kier molecular flexibility index (Phi) is 3.74. The number of carbonyl (C=O) groups excluding carboxylic acids is 1. The van der Waals surface area contributed by atoms with Crippen molar-refractivity contribution in [1.29, 1.82) is 0 Å². The fourth-order valence-corrected chi connectivity index (χ4v) is 3.28. The molecule has 3 N–H and O–H groups in total. The van der Waals surface area contributed by atoms with E-state index in [1.54, 1.807) is 0 Å². The molecular weight excluding hydrogens is 254 g/mol. The van der Waals surface area contributed by atoms with E-state index in [-0.39, 0.29) is 5.91 Å². The lowest BCUT2D eigenvalue weighted by Gasteiger charge is -2.44. The van der Waals surface area contributed by atoms with Crippen LogP contribution >= 0.6 is 0 Å². The third-order valence-electron chi connectivity index (χ3n) is 4.32. The molecule has 1 aromatic rings. The second-order valence-electron chi connectivity index (χ2n) is 5.47. The standard InChI is InChI=1S/C15H21N3O2/c16-14(19)15(18-8-3-6-17-7-9-18)11-20-10-12-4-1-2-5-13(12)15/h1-2,4-5,17H,3,6-11H2,(H2,16,19). The molecule has 0 bridgehead atoms. The van der Waals surface area contributed by atoms with Gasteiger partial charge in [-0.3, -0.25) is 9.69 Å². The van der Waals surface area contributed by atoms with Crippen LogP contribution in [-0.4, -0.2) is 43.6 Å². The van der Waals surface area contributed by atoms with Gasteiger partial charge in [0.1, 0.15) is 5.54 Å². The highest BCUT2D eigenvalue weighted by Crippen LogP contribution is 2.36. The molecule has 2 aliphatic heterocycles. The van der Waals surface area contributed by atoms with Gasteiger partial charge in [-0.15, -0.1) is 0 Å². The molecule has 0 radical (unpaired) electrons. The number of primary amides is 1. The monoisotopic (exact) mass is 275 g/mol. The normalized spacial score (nSPS) is 27.6. The zero-order valence-corrected chi connectivity index (χ0v) is 11.6. The number of amides is 1. The molecule has 2 heterocycles. The molecule has 108 valence electrons. The van der Waals surface area contributed by atoms with Crippen LogP contribution in [0, 0.1) is 0 Å². The molecular formula is C15H21N3O2. The van der Waals surface area contributed by atoms with Crippen LogP contribution in [0.25, 0.3) is 0 Å². The van der Waals surface area contributed by atoms with Gasteiger partial charge in [0, 0.05) is 19.6 Å². The van der Waals surface area contributed by atoms with E-state index in [4.69, 9.17) is 10.5 Å². The maximum atomic E-state index is 12.3. The number of carbonyl (C=O) groups is 1. The highest BCUT2D eigenvalue weighted by atomic mass is 16.5. The summed E-state index contributed by atoms with van der Waals surface area (Å²) in [5.74, 6) is -0.313. The lowest BCUT2D eigenvalue weighted by atomic mass is 9.83. The van der Waals surface area contributed by atoms with Crippen molar-refractivity contribution >= 4 is 5.91 Å². The maximum absolute atomic E-state index is 12.3. The van der Waals surface area contributed by atoms with Crippen LogP contribution in [0.4, 0.5) is 0 Å². The van der Waals surface area contributed by atoms with Gasteiger partial charge >= 0.3 is 0 Å². The molecule has 0 aliphatic carbocycles. The average Bonchev–Trinajstić information content (AvgIpc) is 2.75. The molecule has 0 aromatic heterocycles. The van der Waals surface area contributed by atoms with Crippen LogP contribution < -0.4 is 11.1 Å². The first kappa shape index (κ1) is 13.5. The van der Waals surface area contributed by atoms with Gasteiger partial charge < -0.3 is 15.8 Å². The topological polar surface area (TPSA) is 67.6 Å². The van der Waals surface area contributed by atoms with Crippen molar-refractivity contribution in [2.24, 2.45) is 5.73 Å². The Bertz CT molecular complexity index is 498. The number of fused-ring (bicyclic) bond motifs is 1. The van der Waals surface area contributed by atoms with Crippen molar-refractivity contribution in [2.75, 3.05) is 32.8 Å². The van der Waals surface area contributed by atoms with Gasteiger partial charge in [0.15, 0.2) is 0 Å². The molecule has 3 rings (SSSR count). The molecule has 2 aliphatic rings. The number of hydrogen-bond donors (Lipinski definition) is 2. The van der Waals surface area contributed by atoms with E-state index in [1.165, 1.54) is 0 Å². The van der Waals surface area contributed by atoms with Crippen molar-refractivity contribution in [2.45, 2.75) is 18.6 Å². The van der Waals surface area contributed by atoms with E-state index in [0.717, 1.165) is 43.7 Å². The van der Waals surface area contributed by atoms with Gasteiger partial charge in [-0.25, -0.2) is 0 Å². The second-order valence-corrected chi connectivity index (χ2v) is 5.47. The smallest absolute Gasteiger partial charge is 0.245 e. The summed E-state index contributed by atoms with van der Waals surface area (Å²) in [7, 11) is 0. The van der Waals surface area contributed by atoms with E-state index in [2.05, 4.69) is 10.2 Å². The van der Waals surface area contributed by atoms with Gasteiger partial charge in [-0.05, 0) is 24.1 Å². The quantitative estimate of drug-likeness (QED) is 0.809. The maximum Gasteiger partial charge on any atom is 0.245 e. The number of rotatable bonds is 2. The first-order chi connectivity index (χ1) is 9.75. The summed E-state index contributed by atoms with van der Waals surface area (Å²) in [6.07, 6.45) is 1.01. The fourth-order valence-electron chi connectivity index (χ4n) is 3.28. The third-order valence-corrected chi connectivity index (χ3v) is 4.32. The minimum absolute atomic E-state index is 0.313. The van der Waals surface area contributed by atoms with Crippen LogP contribution in [-0.2, 0) is 21.7 Å². The minimum atomic E-state index is -0.819. The summed E-state index contributed by atoms with van der Waals surface area (Å²) < 4.78 is 5.70. The fraction of sp³-hybridized carbons (Fsp3) is 0.533. The van der Waals surface area contributed by atoms with Crippen molar-refractivity contribution in [3.05, 3.63) is 35.4 Å². The number of nitrogens with zero attached hydrogens (tertiary/aromatic N) is 1. The summed E-state index contributed by atoms with van der Waals surface area (Å²) in [5, 5.41) is 3.36. The molecule has 1 aromatic carbocycles. The Morgan fingerprint density at radius 2 is 2.15 bits per heavy atom. The first-order valence-corrected chi connectivity index (χ1v) is 7.17. The lowest BCUT2D eigenvalue weighted by Crippen LogP contribution is -2.60. The summed E-state index contributed by atoms with van der Waals surface area (Å²) in [4.78, 5) is 14.5. The van der Waals surface area contributed by atoms with Crippen molar-refractivity contribution in [3.8, 4) is 0 Å². The molecule has 1 atom stereocenters. The Labute approximate surface area is 119 Å². The van der Waals surface area contributed by atoms with Gasteiger partial charge in [-0.1, -0.05) is 24.3 Å². The van der Waals surface area contributed by atoms with Gasteiger partial charge in [0.05, 0.1) is 13.2 Å². The van der Waals surface area contributed by atoms with E-state index < -0.39 is 5.54 Å². The van der Waals surface area contributed by atoms with Gasteiger partial charge in [0.2, 0.25) is 5.91 Å². The Balaban J connectivity index is 2.06. The van der Waals surface area contributed by atoms with E-state index in [9.17, 15) is 4.79 Å². The Hall–Kier alpha value is -1.43. The predicted octanol–water partition coefficient (Wildman–Crippen LogP) is 0.193. The van der Waals surface area contributed by atoms with Crippen LogP contribution in [0.1, 0.15) is 17.5 Å². The molecule has 1 unspecified atom stereocenters. The van der Waals surface area contributed by atoms with Crippen molar-refractivity contribution in [1.82, 2.24) is 10.2 Å². The van der Waals surface area contributed by atoms with Crippen LogP contribution in [0.15, 0.2) is 24.3 Å². The molecule has 1 fully saturated rings. The van der Waals surface area contributed by atoms with Crippen molar-refractivity contribution in [3.63, 3.8) is 0 Å². The van der Waals surface area contributed by atoms with E-state index >= 15 is 0 Å². The molecule has 5 heteroatoms. The van der Waals surface area contributed by atoms with Crippen LogP contribution in [0.5, 0.6) is 0 Å². The third kappa shape index (κ3) is 2.12. The van der Waals surface area contributed by atoms with Gasteiger partial charge in [0.25, 0.3) is 0 Å². The lowest BCUT2D eigenvalue weighted by molar-refractivity contribution is -0.138. The van der Waals surface area contributed by atoms with Crippen LogP contribution in [0.2, 0.25) is 0 Å². The molecule has 0 saturated carbocycles. The number of nitrogens with two attached hydrogens (primary N) is 1. The summed E-state index contributed by atoms with van der Waals surface area (Å²) >= 11 is 0. The first-order valence-electron chi connectivity index (χ1n) is 7.17. The molecule has 5 nitrogen and oxygen atoms in total. The highest BCUT2D eigenvalue weighted by Gasteiger charge is 2.47. The van der Waals surface area contributed by atoms with E-state index in [0.29, 0.717) is 13.2 Å². The predicted molar refractivity (Wildman–Crippen MR) is 76.0 cm³/mol.